The van der Waals surface area contributed by atoms with Crippen molar-refractivity contribution < 1.29 is 4.79 Å². The summed E-state index contributed by atoms with van der Waals surface area (Å²) >= 11 is 10.7. The van der Waals surface area contributed by atoms with Gasteiger partial charge in [-0.1, -0.05) is 33.6 Å². The Labute approximate surface area is 138 Å². The van der Waals surface area contributed by atoms with Crippen molar-refractivity contribution in [3.8, 4) is 0 Å². The van der Waals surface area contributed by atoms with Crippen LogP contribution in [0.5, 0.6) is 0 Å². The Balaban J connectivity index is 1.96. The van der Waals surface area contributed by atoms with E-state index in [9.17, 15) is 4.79 Å². The van der Waals surface area contributed by atoms with E-state index >= 15 is 0 Å². The van der Waals surface area contributed by atoms with Gasteiger partial charge in [-0.15, -0.1) is 11.3 Å². The number of benzene rings is 2. The van der Waals surface area contributed by atoms with Gasteiger partial charge >= 0.3 is 0 Å². The Morgan fingerprint density at radius 2 is 2.05 bits per heavy atom. The zero-order valence-electron chi connectivity index (χ0n) is 10.7. The normalized spacial score (nSPS) is 10.8. The molecule has 0 atom stereocenters. The van der Waals surface area contributed by atoms with E-state index in [2.05, 4.69) is 21.2 Å². The molecule has 21 heavy (non-hydrogen) atoms. The minimum Gasteiger partial charge on any atom is -0.397 e. The number of hydrogen-bond acceptors (Lipinski definition) is 3. The number of nitrogens with two attached hydrogens (primary N) is 1. The lowest BCUT2D eigenvalue weighted by molar-refractivity contribution is 0.103. The number of hydrogen-bond donors (Lipinski definition) is 2. The number of fused-ring (bicyclic) bond motifs is 1. The fourth-order valence-corrected chi connectivity index (χ4v) is 3.71. The van der Waals surface area contributed by atoms with E-state index in [1.165, 1.54) is 11.3 Å². The molecule has 0 bridgehead atoms. The number of nitrogens with one attached hydrogen (secondary N) is 1. The van der Waals surface area contributed by atoms with Crippen LogP contribution >= 0.6 is 38.9 Å². The summed E-state index contributed by atoms with van der Waals surface area (Å²) < 4.78 is 1.80. The summed E-state index contributed by atoms with van der Waals surface area (Å²) in [4.78, 5) is 12.9. The summed E-state index contributed by atoms with van der Waals surface area (Å²) in [5.74, 6) is -0.220. The number of carbonyl (C=O) groups is 1. The maximum absolute atomic E-state index is 12.4. The molecule has 3 nitrogen and oxygen atoms in total. The number of carbonyl (C=O) groups excluding carboxylic acids is 1. The lowest BCUT2D eigenvalue weighted by atomic mass is 10.2. The van der Waals surface area contributed by atoms with Crippen LogP contribution < -0.4 is 11.1 Å². The van der Waals surface area contributed by atoms with Crippen molar-refractivity contribution in [2.75, 3.05) is 11.1 Å². The molecule has 106 valence electrons. The summed E-state index contributed by atoms with van der Waals surface area (Å²) in [6, 6.07) is 12.8. The predicted molar refractivity (Wildman–Crippen MR) is 93.3 cm³/mol. The van der Waals surface area contributed by atoms with Gasteiger partial charge in [0.1, 0.15) is 4.88 Å². The van der Waals surface area contributed by atoms with Crippen molar-refractivity contribution in [1.29, 1.82) is 0 Å². The van der Waals surface area contributed by atoms with E-state index in [0.29, 0.717) is 21.3 Å². The lowest BCUT2D eigenvalue weighted by Gasteiger charge is -2.04. The van der Waals surface area contributed by atoms with E-state index in [0.717, 1.165) is 14.6 Å². The summed E-state index contributed by atoms with van der Waals surface area (Å²) in [6.45, 7) is 0. The lowest BCUT2D eigenvalue weighted by Crippen LogP contribution is -2.11. The molecule has 0 aliphatic rings. The van der Waals surface area contributed by atoms with Crippen molar-refractivity contribution in [2.24, 2.45) is 0 Å². The van der Waals surface area contributed by atoms with E-state index < -0.39 is 0 Å². The third-order valence-electron chi connectivity index (χ3n) is 2.98. The molecule has 0 unspecified atom stereocenters. The van der Waals surface area contributed by atoms with Crippen molar-refractivity contribution in [3.05, 3.63) is 56.8 Å². The average Bonchev–Trinajstić information content (AvgIpc) is 2.75. The van der Waals surface area contributed by atoms with Gasteiger partial charge in [-0.05, 0) is 36.4 Å². The Kier molecular flexibility index (Phi) is 3.89. The summed E-state index contributed by atoms with van der Waals surface area (Å²) in [6.07, 6.45) is 0. The molecular formula is C15H10BrClN2OS. The molecule has 0 saturated carbocycles. The van der Waals surface area contributed by atoms with Crippen LogP contribution in [-0.4, -0.2) is 5.91 Å². The second kappa shape index (κ2) is 5.67. The van der Waals surface area contributed by atoms with Crippen LogP contribution in [0.3, 0.4) is 0 Å². The van der Waals surface area contributed by atoms with Gasteiger partial charge in [-0.2, -0.15) is 0 Å². The van der Waals surface area contributed by atoms with Crippen molar-refractivity contribution in [3.63, 3.8) is 0 Å². The standard InChI is InChI=1S/C15H10BrClN2OS/c16-8-2-1-3-10(6-8)19-15(20)14-13(18)11-5-4-9(17)7-12(11)21-14/h1-7H,18H2,(H,19,20). The van der Waals surface area contributed by atoms with Crippen LogP contribution in [0, 0.1) is 0 Å². The monoisotopic (exact) mass is 380 g/mol. The van der Waals surface area contributed by atoms with Gasteiger partial charge in [0.15, 0.2) is 0 Å². The molecule has 0 aliphatic heterocycles. The third-order valence-corrected chi connectivity index (χ3v) is 4.87. The summed E-state index contributed by atoms with van der Waals surface area (Å²) in [5, 5.41) is 4.32. The molecule has 6 heteroatoms. The van der Waals surface area contributed by atoms with Gasteiger partial charge in [0, 0.05) is 25.3 Å². The Hall–Kier alpha value is -1.56. The minimum atomic E-state index is -0.220. The van der Waals surface area contributed by atoms with Crippen LogP contribution in [0.4, 0.5) is 11.4 Å². The first-order valence-corrected chi connectivity index (χ1v) is 8.08. The Bertz CT molecular complexity index is 847. The number of halogens is 2. The molecule has 1 aromatic heterocycles. The second-order valence-electron chi connectivity index (χ2n) is 4.45. The number of nitrogen functional groups attached to an aromatic ring is 1. The molecule has 3 aromatic rings. The molecule has 3 rings (SSSR count). The minimum absolute atomic E-state index is 0.220. The van der Waals surface area contributed by atoms with E-state index in [1.54, 1.807) is 6.07 Å². The van der Waals surface area contributed by atoms with E-state index in [-0.39, 0.29) is 5.91 Å². The maximum atomic E-state index is 12.4. The maximum Gasteiger partial charge on any atom is 0.267 e. The molecule has 1 heterocycles. The zero-order chi connectivity index (χ0) is 15.0. The fourth-order valence-electron chi connectivity index (χ4n) is 2.01. The van der Waals surface area contributed by atoms with E-state index in [4.69, 9.17) is 17.3 Å². The molecule has 0 radical (unpaired) electrons. The predicted octanol–water partition coefficient (Wildman–Crippen LogP) is 5.15. The quantitative estimate of drug-likeness (QED) is 0.645. The van der Waals surface area contributed by atoms with Crippen LogP contribution in [0.15, 0.2) is 46.9 Å². The topological polar surface area (TPSA) is 55.1 Å². The van der Waals surface area contributed by atoms with Crippen molar-refractivity contribution in [2.45, 2.75) is 0 Å². The SMILES string of the molecule is Nc1c(C(=O)Nc2cccc(Br)c2)sc2cc(Cl)ccc12. The molecular weight excluding hydrogens is 372 g/mol. The van der Waals surface area contributed by atoms with Gasteiger partial charge in [-0.3, -0.25) is 4.79 Å². The Morgan fingerprint density at radius 1 is 1.24 bits per heavy atom. The third kappa shape index (κ3) is 2.90. The van der Waals surface area contributed by atoms with Gasteiger partial charge in [-0.25, -0.2) is 0 Å². The first-order valence-electron chi connectivity index (χ1n) is 6.09. The second-order valence-corrected chi connectivity index (χ2v) is 6.85. The number of anilines is 2. The molecule has 2 aromatic carbocycles. The molecule has 0 spiro atoms. The number of amides is 1. The van der Waals surface area contributed by atoms with Crippen LogP contribution in [0.25, 0.3) is 10.1 Å². The molecule has 0 aliphatic carbocycles. The van der Waals surface area contributed by atoms with Crippen molar-refractivity contribution >= 4 is 66.2 Å². The first-order chi connectivity index (χ1) is 10.0. The fraction of sp³-hybridized carbons (Fsp3) is 0. The number of rotatable bonds is 2. The average molecular weight is 382 g/mol. The summed E-state index contributed by atoms with van der Waals surface area (Å²) in [5.41, 5.74) is 7.27. The van der Waals surface area contributed by atoms with Crippen LogP contribution in [-0.2, 0) is 0 Å². The Morgan fingerprint density at radius 3 is 2.81 bits per heavy atom. The highest BCUT2D eigenvalue weighted by atomic mass is 79.9. The van der Waals surface area contributed by atoms with Gasteiger partial charge in [0.05, 0.1) is 5.69 Å². The van der Waals surface area contributed by atoms with Crippen LogP contribution in [0.2, 0.25) is 5.02 Å². The first kappa shape index (κ1) is 14.4. The van der Waals surface area contributed by atoms with Crippen LogP contribution in [0.1, 0.15) is 9.67 Å². The highest BCUT2D eigenvalue weighted by molar-refractivity contribution is 9.10. The van der Waals surface area contributed by atoms with E-state index in [1.807, 2.05) is 36.4 Å². The molecule has 0 fully saturated rings. The zero-order valence-corrected chi connectivity index (χ0v) is 13.8. The highest BCUT2D eigenvalue weighted by Crippen LogP contribution is 2.35. The molecule has 1 amide bonds. The summed E-state index contributed by atoms with van der Waals surface area (Å²) in [7, 11) is 0. The largest absolute Gasteiger partial charge is 0.397 e. The van der Waals surface area contributed by atoms with Gasteiger partial charge < -0.3 is 11.1 Å². The van der Waals surface area contributed by atoms with Gasteiger partial charge in [0.2, 0.25) is 0 Å². The van der Waals surface area contributed by atoms with Gasteiger partial charge in [0.25, 0.3) is 5.91 Å². The number of thiophene rings is 1. The highest BCUT2D eigenvalue weighted by Gasteiger charge is 2.16. The van der Waals surface area contributed by atoms with Crippen molar-refractivity contribution in [1.82, 2.24) is 0 Å². The molecule has 3 N–H and O–H groups in total. The molecule has 0 saturated heterocycles. The smallest absolute Gasteiger partial charge is 0.267 e.